The Morgan fingerprint density at radius 1 is 1.37 bits per heavy atom. The molecule has 1 aliphatic rings. The maximum Gasteiger partial charge on any atom is 0.416 e. The van der Waals surface area contributed by atoms with Crippen LogP contribution in [0, 0.1) is 0 Å². The molecular formula is C13H11F3O3. The summed E-state index contributed by atoms with van der Waals surface area (Å²) < 4.78 is 43.1. The molecule has 1 aromatic carbocycles. The van der Waals surface area contributed by atoms with E-state index in [2.05, 4.69) is 0 Å². The van der Waals surface area contributed by atoms with Crippen LogP contribution in [-0.2, 0) is 11.0 Å². The standard InChI is InChI=1S/C13H11F3O3/c14-13(15,16)9-3-4-10-8(6-12(17)18)2-1-5-19-11(10)7-9/h3-4,6-7H,1-2,5H2,(H,17,18)/b8-6+. The van der Waals surface area contributed by atoms with Crippen molar-refractivity contribution >= 4 is 11.5 Å². The number of carboxylic acids is 1. The van der Waals surface area contributed by atoms with Crippen molar-refractivity contribution in [1.29, 1.82) is 0 Å². The lowest BCUT2D eigenvalue weighted by atomic mass is 9.99. The highest BCUT2D eigenvalue weighted by atomic mass is 19.4. The van der Waals surface area contributed by atoms with Crippen molar-refractivity contribution in [1.82, 2.24) is 0 Å². The Hall–Kier alpha value is -1.98. The van der Waals surface area contributed by atoms with Crippen molar-refractivity contribution in [2.75, 3.05) is 6.61 Å². The van der Waals surface area contributed by atoms with Crippen LogP contribution in [-0.4, -0.2) is 17.7 Å². The Labute approximate surface area is 107 Å². The Kier molecular flexibility index (Phi) is 3.50. The number of hydrogen-bond donors (Lipinski definition) is 1. The number of halogens is 3. The van der Waals surface area contributed by atoms with Gasteiger partial charge >= 0.3 is 12.1 Å². The van der Waals surface area contributed by atoms with Gasteiger partial charge in [-0.05, 0) is 30.5 Å². The first-order chi connectivity index (χ1) is 8.88. The number of allylic oxidation sites excluding steroid dienone is 1. The van der Waals surface area contributed by atoms with E-state index in [0.29, 0.717) is 24.0 Å². The molecule has 1 heterocycles. The first kappa shape index (κ1) is 13.5. The van der Waals surface area contributed by atoms with Gasteiger partial charge in [0.25, 0.3) is 0 Å². The second-order valence-electron chi connectivity index (χ2n) is 4.17. The zero-order valence-corrected chi connectivity index (χ0v) is 9.83. The quantitative estimate of drug-likeness (QED) is 0.797. The molecule has 2 rings (SSSR count). The number of alkyl halides is 3. The van der Waals surface area contributed by atoms with Crippen LogP contribution in [0.2, 0.25) is 0 Å². The lowest BCUT2D eigenvalue weighted by Gasteiger charge is -2.12. The van der Waals surface area contributed by atoms with Gasteiger partial charge in [0.1, 0.15) is 5.75 Å². The number of ether oxygens (including phenoxy) is 1. The fraction of sp³-hybridized carbons (Fsp3) is 0.308. The number of fused-ring (bicyclic) bond motifs is 1. The molecule has 0 unspecified atom stereocenters. The molecule has 3 nitrogen and oxygen atoms in total. The lowest BCUT2D eigenvalue weighted by Crippen LogP contribution is -2.06. The summed E-state index contributed by atoms with van der Waals surface area (Å²) in [4.78, 5) is 10.7. The summed E-state index contributed by atoms with van der Waals surface area (Å²) in [5.74, 6) is -1.04. The fourth-order valence-electron chi connectivity index (χ4n) is 1.96. The number of hydrogen-bond acceptors (Lipinski definition) is 2. The van der Waals surface area contributed by atoms with Gasteiger partial charge in [-0.3, -0.25) is 0 Å². The third-order valence-corrected chi connectivity index (χ3v) is 2.80. The van der Waals surface area contributed by atoms with Crippen molar-refractivity contribution in [2.45, 2.75) is 19.0 Å². The molecule has 0 atom stereocenters. The molecule has 0 radical (unpaired) electrons. The predicted molar refractivity (Wildman–Crippen MR) is 61.8 cm³/mol. The smallest absolute Gasteiger partial charge is 0.416 e. The summed E-state index contributed by atoms with van der Waals surface area (Å²) >= 11 is 0. The van der Waals surface area contributed by atoms with Gasteiger partial charge in [-0.25, -0.2) is 4.79 Å². The van der Waals surface area contributed by atoms with E-state index in [9.17, 15) is 18.0 Å². The van der Waals surface area contributed by atoms with Gasteiger partial charge in [0.15, 0.2) is 0 Å². The van der Waals surface area contributed by atoms with Crippen LogP contribution in [0.15, 0.2) is 24.3 Å². The van der Waals surface area contributed by atoms with Crippen molar-refractivity contribution < 1.29 is 27.8 Å². The van der Waals surface area contributed by atoms with Gasteiger partial charge < -0.3 is 9.84 Å². The molecule has 1 aliphatic heterocycles. The molecule has 0 spiro atoms. The number of carbonyl (C=O) groups is 1. The topological polar surface area (TPSA) is 46.5 Å². The van der Waals surface area contributed by atoms with Crippen LogP contribution in [0.1, 0.15) is 24.0 Å². The first-order valence-electron chi connectivity index (χ1n) is 5.66. The SMILES string of the molecule is O=C(O)/C=C1\CCCOc2cc(C(F)(F)F)ccc21. The van der Waals surface area contributed by atoms with Crippen molar-refractivity contribution in [3.8, 4) is 5.75 Å². The third-order valence-electron chi connectivity index (χ3n) is 2.80. The first-order valence-corrected chi connectivity index (χ1v) is 5.66. The fourth-order valence-corrected chi connectivity index (χ4v) is 1.96. The highest BCUT2D eigenvalue weighted by Gasteiger charge is 2.31. The van der Waals surface area contributed by atoms with Crippen LogP contribution in [0.5, 0.6) is 5.75 Å². The Morgan fingerprint density at radius 2 is 2.11 bits per heavy atom. The van der Waals surface area contributed by atoms with Crippen molar-refractivity contribution in [3.63, 3.8) is 0 Å². The molecule has 0 saturated carbocycles. The van der Waals surface area contributed by atoms with E-state index in [1.165, 1.54) is 6.07 Å². The van der Waals surface area contributed by atoms with Gasteiger partial charge in [0.2, 0.25) is 0 Å². The van der Waals surface area contributed by atoms with Crippen molar-refractivity contribution in [3.05, 3.63) is 35.4 Å². The number of carboxylic acid groups (broad SMARTS) is 1. The minimum absolute atomic E-state index is 0.0832. The van der Waals surface area contributed by atoms with Gasteiger partial charge in [-0.15, -0.1) is 0 Å². The number of benzene rings is 1. The van der Waals surface area contributed by atoms with Crippen LogP contribution in [0.4, 0.5) is 13.2 Å². The molecule has 0 saturated heterocycles. The summed E-state index contributed by atoms with van der Waals surface area (Å²) in [6, 6.07) is 3.11. The number of rotatable bonds is 1. The van der Waals surface area contributed by atoms with E-state index < -0.39 is 17.7 Å². The molecule has 6 heteroatoms. The minimum Gasteiger partial charge on any atom is -0.493 e. The monoisotopic (exact) mass is 272 g/mol. The Bertz CT molecular complexity index is 532. The summed E-state index contributed by atoms with van der Waals surface area (Å²) in [5.41, 5.74) is 0.0875. The Balaban J connectivity index is 2.49. The summed E-state index contributed by atoms with van der Waals surface area (Å²) in [6.45, 7) is 0.269. The molecular weight excluding hydrogens is 261 g/mol. The van der Waals surface area contributed by atoms with E-state index in [4.69, 9.17) is 9.84 Å². The second kappa shape index (κ2) is 4.95. The van der Waals surface area contributed by atoms with E-state index in [1.807, 2.05) is 0 Å². The Morgan fingerprint density at radius 3 is 2.74 bits per heavy atom. The average molecular weight is 272 g/mol. The van der Waals surface area contributed by atoms with Crippen LogP contribution >= 0.6 is 0 Å². The predicted octanol–water partition coefficient (Wildman–Crippen LogP) is 3.35. The molecule has 0 fully saturated rings. The van der Waals surface area contributed by atoms with E-state index in [-0.39, 0.29) is 12.4 Å². The second-order valence-corrected chi connectivity index (χ2v) is 4.17. The third kappa shape index (κ3) is 3.07. The molecule has 102 valence electrons. The molecule has 0 aromatic heterocycles. The van der Waals surface area contributed by atoms with Crippen LogP contribution < -0.4 is 4.74 Å². The molecule has 19 heavy (non-hydrogen) atoms. The zero-order chi connectivity index (χ0) is 14.0. The van der Waals surface area contributed by atoms with E-state index in [0.717, 1.165) is 18.2 Å². The molecule has 0 bridgehead atoms. The van der Waals surface area contributed by atoms with Crippen LogP contribution in [0.25, 0.3) is 5.57 Å². The van der Waals surface area contributed by atoms with Gasteiger partial charge in [0.05, 0.1) is 12.2 Å². The average Bonchev–Trinajstić information content (AvgIpc) is 2.49. The molecule has 1 N–H and O–H groups in total. The van der Waals surface area contributed by atoms with E-state index in [1.54, 1.807) is 0 Å². The highest BCUT2D eigenvalue weighted by Crippen LogP contribution is 2.37. The molecule has 0 amide bonds. The molecule has 0 aliphatic carbocycles. The summed E-state index contributed by atoms with van der Waals surface area (Å²) in [6.07, 6.45) is -2.40. The summed E-state index contributed by atoms with van der Waals surface area (Å²) in [5, 5.41) is 8.77. The zero-order valence-electron chi connectivity index (χ0n) is 9.83. The highest BCUT2D eigenvalue weighted by molar-refractivity contribution is 5.91. The number of aliphatic carboxylic acids is 1. The van der Waals surface area contributed by atoms with Crippen molar-refractivity contribution in [2.24, 2.45) is 0 Å². The largest absolute Gasteiger partial charge is 0.493 e. The lowest BCUT2D eigenvalue weighted by molar-refractivity contribution is -0.137. The summed E-state index contributed by atoms with van der Waals surface area (Å²) in [7, 11) is 0. The van der Waals surface area contributed by atoms with Crippen LogP contribution in [0.3, 0.4) is 0 Å². The van der Waals surface area contributed by atoms with Gasteiger partial charge in [-0.1, -0.05) is 6.07 Å². The molecule has 1 aromatic rings. The normalized spacial score (nSPS) is 17.5. The van der Waals surface area contributed by atoms with Gasteiger partial charge in [-0.2, -0.15) is 13.2 Å². The van der Waals surface area contributed by atoms with Gasteiger partial charge in [0, 0.05) is 11.6 Å². The van der Waals surface area contributed by atoms with E-state index >= 15 is 0 Å². The maximum absolute atomic E-state index is 12.6. The minimum atomic E-state index is -4.44. The maximum atomic E-state index is 12.6.